The van der Waals surface area contributed by atoms with E-state index in [-0.39, 0.29) is 4.93 Å². The van der Waals surface area contributed by atoms with Crippen LogP contribution in [0.2, 0.25) is 0 Å². The molecule has 0 radical (unpaired) electrons. The van der Waals surface area contributed by atoms with E-state index < -0.39 is 0 Å². The summed E-state index contributed by atoms with van der Waals surface area (Å²) in [6.07, 6.45) is 0. The molecule has 3 aliphatic heterocycles. The maximum atomic E-state index is 5.62. The summed E-state index contributed by atoms with van der Waals surface area (Å²) < 4.78 is 5.62. The zero-order valence-corrected chi connectivity index (χ0v) is 6.09. The van der Waals surface area contributed by atoms with Gasteiger partial charge in [-0.1, -0.05) is 0 Å². The first-order valence-corrected chi connectivity index (χ1v) is 4.63. The van der Waals surface area contributed by atoms with Crippen LogP contribution >= 0.6 is 23.5 Å². The normalized spacial score (nSPS) is 73.9. The summed E-state index contributed by atoms with van der Waals surface area (Å²) in [5.74, 6) is 0. The second-order valence-electron chi connectivity index (χ2n) is 2.64. The molecule has 0 aromatic heterocycles. The molecule has 44 valence electrons. The number of thioether (sulfide) groups is 2. The Balaban J connectivity index is 2.00. The monoisotopic (exact) mass is 146 g/mol. The van der Waals surface area contributed by atoms with Gasteiger partial charge in [0.1, 0.15) is 10.4 Å². The molecule has 0 aliphatic carbocycles. The predicted molar refractivity (Wildman–Crippen MR) is 36.0 cm³/mol. The van der Waals surface area contributed by atoms with Crippen LogP contribution in [0.3, 0.4) is 0 Å². The minimum absolute atomic E-state index is 0.278. The highest BCUT2D eigenvalue weighted by Crippen LogP contribution is 2.73. The number of hydrogen-bond donors (Lipinski definition) is 0. The van der Waals surface area contributed by atoms with Gasteiger partial charge in [0.25, 0.3) is 0 Å². The van der Waals surface area contributed by atoms with Crippen molar-refractivity contribution in [3.8, 4) is 0 Å². The molecule has 0 spiro atoms. The lowest BCUT2D eigenvalue weighted by atomic mass is 10.3. The van der Waals surface area contributed by atoms with E-state index in [0.29, 0.717) is 5.44 Å². The average Bonchev–Trinajstić information content (AvgIpc) is 2.50. The molecule has 8 heavy (non-hydrogen) atoms. The molecule has 3 fully saturated rings. The molecule has 4 unspecified atom stereocenters. The lowest BCUT2D eigenvalue weighted by molar-refractivity contribution is 0.107. The third-order valence-corrected chi connectivity index (χ3v) is 4.86. The van der Waals surface area contributed by atoms with Crippen LogP contribution in [-0.2, 0) is 4.74 Å². The molecular weight excluding hydrogens is 140 g/mol. The fourth-order valence-corrected chi connectivity index (χ4v) is 4.10. The van der Waals surface area contributed by atoms with Crippen molar-refractivity contribution in [1.82, 2.24) is 0 Å². The van der Waals surface area contributed by atoms with Gasteiger partial charge in [0.15, 0.2) is 0 Å². The van der Waals surface area contributed by atoms with Crippen LogP contribution in [-0.4, -0.2) is 20.9 Å². The zero-order valence-electron chi connectivity index (χ0n) is 4.46. The van der Waals surface area contributed by atoms with Gasteiger partial charge < -0.3 is 4.74 Å². The molecule has 3 heterocycles. The van der Waals surface area contributed by atoms with Crippen LogP contribution in [0, 0.1) is 0 Å². The van der Waals surface area contributed by atoms with Gasteiger partial charge >= 0.3 is 0 Å². The van der Waals surface area contributed by atoms with Gasteiger partial charge in [-0.2, -0.15) is 0 Å². The largest absolute Gasteiger partial charge is 0.348 e. The van der Waals surface area contributed by atoms with Crippen LogP contribution in [0.5, 0.6) is 0 Å². The second-order valence-corrected chi connectivity index (χ2v) is 5.48. The van der Waals surface area contributed by atoms with E-state index in [4.69, 9.17) is 4.74 Å². The Morgan fingerprint density at radius 2 is 2.50 bits per heavy atom. The molecule has 3 aliphatic rings. The van der Waals surface area contributed by atoms with Crippen LogP contribution in [0.4, 0.5) is 0 Å². The van der Waals surface area contributed by atoms with Gasteiger partial charge in [0.05, 0.1) is 10.5 Å². The molecule has 3 heteroatoms. The van der Waals surface area contributed by atoms with Crippen molar-refractivity contribution < 1.29 is 4.74 Å². The van der Waals surface area contributed by atoms with E-state index >= 15 is 0 Å². The standard InChI is InChI=1S/C5H6OS2/c1-5-3(8-5)2-4(6-5)7-2/h2-4H,1H3. The van der Waals surface area contributed by atoms with Gasteiger partial charge in [-0.15, -0.1) is 23.5 Å². The summed E-state index contributed by atoms with van der Waals surface area (Å²) in [6, 6.07) is 0. The van der Waals surface area contributed by atoms with Crippen molar-refractivity contribution in [1.29, 1.82) is 0 Å². The third kappa shape index (κ3) is 0.351. The van der Waals surface area contributed by atoms with Crippen LogP contribution in [0.25, 0.3) is 0 Å². The fourth-order valence-electron chi connectivity index (χ4n) is 1.33. The van der Waals surface area contributed by atoms with Gasteiger partial charge in [0, 0.05) is 0 Å². The van der Waals surface area contributed by atoms with Crippen molar-refractivity contribution in [2.45, 2.75) is 27.8 Å². The molecule has 0 aromatic rings. The predicted octanol–water partition coefficient (Wildman–Crippen LogP) is 1.29. The summed E-state index contributed by atoms with van der Waals surface area (Å²) >= 11 is 3.97. The van der Waals surface area contributed by atoms with E-state index in [1.54, 1.807) is 0 Å². The molecule has 0 aromatic carbocycles. The number of rotatable bonds is 0. The summed E-state index contributed by atoms with van der Waals surface area (Å²) in [5.41, 5.74) is 0.603. The average molecular weight is 146 g/mol. The smallest absolute Gasteiger partial charge is 0.126 e. The highest BCUT2D eigenvalue weighted by atomic mass is 32.2. The summed E-state index contributed by atoms with van der Waals surface area (Å²) in [6.45, 7) is 2.20. The first-order valence-electron chi connectivity index (χ1n) is 2.81. The Kier molecular flexibility index (Phi) is 0.545. The number of ether oxygens (including phenoxy) is 1. The SMILES string of the molecule is CC12OC3SC3C1S2. The molecule has 1 nitrogen and oxygen atoms in total. The Labute approximate surface area is 56.5 Å². The van der Waals surface area contributed by atoms with Gasteiger partial charge in [0.2, 0.25) is 0 Å². The Hall–Kier alpha value is 0.660. The minimum Gasteiger partial charge on any atom is -0.348 e. The highest BCUT2D eigenvalue weighted by Gasteiger charge is 2.73. The summed E-state index contributed by atoms with van der Waals surface area (Å²) in [4.78, 5) is 0.278. The van der Waals surface area contributed by atoms with Gasteiger partial charge in [-0.05, 0) is 6.92 Å². The molecule has 3 saturated heterocycles. The molecule has 0 bridgehead atoms. The van der Waals surface area contributed by atoms with Crippen molar-refractivity contribution in [2.24, 2.45) is 0 Å². The van der Waals surface area contributed by atoms with E-state index in [1.807, 2.05) is 23.5 Å². The van der Waals surface area contributed by atoms with Crippen molar-refractivity contribution in [3.05, 3.63) is 0 Å². The minimum atomic E-state index is 0.278. The van der Waals surface area contributed by atoms with Gasteiger partial charge in [-0.3, -0.25) is 0 Å². The maximum Gasteiger partial charge on any atom is 0.126 e. The summed E-state index contributed by atoms with van der Waals surface area (Å²) in [7, 11) is 0. The molecule has 4 atom stereocenters. The molecule has 0 N–H and O–H groups in total. The summed E-state index contributed by atoms with van der Waals surface area (Å²) in [5, 5.41) is 1.74. The van der Waals surface area contributed by atoms with Crippen LogP contribution in [0.1, 0.15) is 6.92 Å². The Morgan fingerprint density at radius 1 is 1.62 bits per heavy atom. The lowest BCUT2D eigenvalue weighted by Crippen LogP contribution is -2.07. The van der Waals surface area contributed by atoms with Crippen molar-refractivity contribution in [2.75, 3.05) is 0 Å². The quantitative estimate of drug-likeness (QED) is 0.477. The fraction of sp³-hybridized carbons (Fsp3) is 1.00. The molecule has 0 saturated carbocycles. The zero-order chi connectivity index (χ0) is 5.35. The number of fused-ring (bicyclic) bond motifs is 3. The van der Waals surface area contributed by atoms with Crippen molar-refractivity contribution in [3.63, 3.8) is 0 Å². The van der Waals surface area contributed by atoms with E-state index in [1.165, 1.54) is 0 Å². The van der Waals surface area contributed by atoms with E-state index in [0.717, 1.165) is 10.5 Å². The van der Waals surface area contributed by atoms with E-state index in [2.05, 4.69) is 6.92 Å². The molecule has 3 rings (SSSR count). The Bertz CT molecular complexity index is 161. The van der Waals surface area contributed by atoms with Crippen molar-refractivity contribution >= 4 is 23.5 Å². The first-order chi connectivity index (χ1) is 3.80. The second kappa shape index (κ2) is 0.976. The van der Waals surface area contributed by atoms with Gasteiger partial charge in [-0.25, -0.2) is 0 Å². The lowest BCUT2D eigenvalue weighted by Gasteiger charge is -2.01. The number of hydrogen-bond acceptors (Lipinski definition) is 3. The van der Waals surface area contributed by atoms with Crippen LogP contribution in [0.15, 0.2) is 0 Å². The molecule has 0 amide bonds. The maximum absolute atomic E-state index is 5.62. The van der Waals surface area contributed by atoms with Crippen LogP contribution < -0.4 is 0 Å². The molecular formula is C5H6OS2. The highest BCUT2D eigenvalue weighted by molar-refractivity contribution is 8.13. The Morgan fingerprint density at radius 3 is 2.88 bits per heavy atom. The first kappa shape index (κ1) is 4.47. The van der Waals surface area contributed by atoms with E-state index in [9.17, 15) is 0 Å². The topological polar surface area (TPSA) is 9.23 Å². The third-order valence-electron chi connectivity index (χ3n) is 1.95.